The van der Waals surface area contributed by atoms with Gasteiger partial charge in [0, 0.05) is 4.47 Å². The molecule has 1 rings (SSSR count). The second-order valence-corrected chi connectivity index (χ2v) is 4.24. The van der Waals surface area contributed by atoms with Gasteiger partial charge in [0.05, 0.1) is 13.5 Å². The van der Waals surface area contributed by atoms with Crippen molar-refractivity contribution in [1.82, 2.24) is 0 Å². The van der Waals surface area contributed by atoms with Gasteiger partial charge in [-0.2, -0.15) is 0 Å². The lowest BCUT2D eigenvalue weighted by molar-refractivity contribution is -0.136. The van der Waals surface area contributed by atoms with E-state index in [1.165, 1.54) is 0 Å². The molecule has 15 heavy (non-hydrogen) atoms. The van der Waals surface area contributed by atoms with E-state index in [4.69, 9.17) is 9.84 Å². The van der Waals surface area contributed by atoms with Crippen LogP contribution in [0.2, 0.25) is 0 Å². The van der Waals surface area contributed by atoms with Crippen LogP contribution in [0.4, 0.5) is 0 Å². The fraction of sp³-hybridized carbons (Fsp3) is 0.364. The summed E-state index contributed by atoms with van der Waals surface area (Å²) in [6, 6.07) is 1.88. The van der Waals surface area contributed by atoms with E-state index in [0.29, 0.717) is 0 Å². The number of carboxylic acid groups (broad SMARTS) is 1. The van der Waals surface area contributed by atoms with Crippen molar-refractivity contribution < 1.29 is 14.6 Å². The molecule has 0 aliphatic carbocycles. The van der Waals surface area contributed by atoms with Crippen molar-refractivity contribution in [3.8, 4) is 5.75 Å². The fourth-order valence-electron chi connectivity index (χ4n) is 1.64. The number of aryl methyl sites for hydroxylation is 1. The minimum atomic E-state index is -0.843. The molecule has 0 aliphatic rings. The third-order valence-electron chi connectivity index (χ3n) is 2.32. The molecule has 0 amide bonds. The molecule has 1 aromatic carbocycles. The Labute approximate surface area is 97.2 Å². The van der Waals surface area contributed by atoms with E-state index in [2.05, 4.69) is 15.9 Å². The summed E-state index contributed by atoms with van der Waals surface area (Å²) in [6.45, 7) is 3.80. The van der Waals surface area contributed by atoms with E-state index < -0.39 is 5.97 Å². The molecule has 0 spiro atoms. The lowest BCUT2D eigenvalue weighted by Crippen LogP contribution is -2.05. The number of halogens is 1. The molecule has 0 saturated heterocycles. The van der Waals surface area contributed by atoms with Crippen molar-refractivity contribution in [2.75, 3.05) is 7.11 Å². The lowest BCUT2D eigenvalue weighted by Gasteiger charge is -2.14. The van der Waals surface area contributed by atoms with Crippen molar-refractivity contribution in [3.63, 3.8) is 0 Å². The van der Waals surface area contributed by atoms with E-state index >= 15 is 0 Å². The minimum Gasteiger partial charge on any atom is -0.496 e. The maximum absolute atomic E-state index is 10.7. The Kier molecular flexibility index (Phi) is 3.74. The van der Waals surface area contributed by atoms with Gasteiger partial charge in [0.2, 0.25) is 0 Å². The Morgan fingerprint density at radius 1 is 1.53 bits per heavy atom. The smallest absolute Gasteiger partial charge is 0.307 e. The third kappa shape index (κ3) is 2.50. The van der Waals surface area contributed by atoms with E-state index in [1.54, 1.807) is 7.11 Å². The standard InChI is InChI=1S/C11H13BrO3/c1-6-4-9(12)8(5-10(13)14)7(2)11(6)15-3/h4H,5H2,1-3H3,(H,13,14). The number of methoxy groups -OCH3 is 1. The van der Waals surface area contributed by atoms with Crippen LogP contribution in [0.1, 0.15) is 16.7 Å². The molecule has 0 atom stereocenters. The number of rotatable bonds is 3. The van der Waals surface area contributed by atoms with Gasteiger partial charge in [-0.1, -0.05) is 15.9 Å². The van der Waals surface area contributed by atoms with Crippen LogP contribution in [0.15, 0.2) is 10.5 Å². The third-order valence-corrected chi connectivity index (χ3v) is 3.02. The zero-order chi connectivity index (χ0) is 11.6. The van der Waals surface area contributed by atoms with Crippen molar-refractivity contribution in [3.05, 3.63) is 27.2 Å². The molecule has 0 fully saturated rings. The average Bonchev–Trinajstić information content (AvgIpc) is 2.12. The summed E-state index contributed by atoms with van der Waals surface area (Å²) in [5.41, 5.74) is 2.65. The fourth-order valence-corrected chi connectivity index (χ4v) is 2.42. The van der Waals surface area contributed by atoms with Gasteiger partial charge in [0.1, 0.15) is 5.75 Å². The van der Waals surface area contributed by atoms with Crippen LogP contribution in [0.5, 0.6) is 5.75 Å². The summed E-state index contributed by atoms with van der Waals surface area (Å²) in [6.07, 6.45) is 0.00303. The van der Waals surface area contributed by atoms with Crippen LogP contribution in [-0.2, 0) is 11.2 Å². The summed E-state index contributed by atoms with van der Waals surface area (Å²) >= 11 is 3.37. The summed E-state index contributed by atoms with van der Waals surface area (Å²) in [7, 11) is 1.59. The van der Waals surface area contributed by atoms with Gasteiger partial charge in [-0.3, -0.25) is 4.79 Å². The molecule has 0 unspecified atom stereocenters. The van der Waals surface area contributed by atoms with Crippen LogP contribution in [-0.4, -0.2) is 18.2 Å². The van der Waals surface area contributed by atoms with Gasteiger partial charge in [0.15, 0.2) is 0 Å². The molecule has 0 bridgehead atoms. The average molecular weight is 273 g/mol. The number of carboxylic acids is 1. The van der Waals surface area contributed by atoms with E-state index in [1.807, 2.05) is 19.9 Å². The normalized spacial score (nSPS) is 10.1. The van der Waals surface area contributed by atoms with Crippen LogP contribution in [0, 0.1) is 13.8 Å². The number of hydrogen-bond acceptors (Lipinski definition) is 2. The number of ether oxygens (including phenoxy) is 1. The highest BCUT2D eigenvalue weighted by atomic mass is 79.9. The zero-order valence-electron chi connectivity index (χ0n) is 8.93. The quantitative estimate of drug-likeness (QED) is 0.921. The van der Waals surface area contributed by atoms with Gasteiger partial charge >= 0.3 is 5.97 Å². The molecule has 0 radical (unpaired) electrons. The van der Waals surface area contributed by atoms with E-state index in [0.717, 1.165) is 26.9 Å². The van der Waals surface area contributed by atoms with Gasteiger partial charge in [-0.25, -0.2) is 0 Å². The Balaban J connectivity index is 3.32. The van der Waals surface area contributed by atoms with Crippen LogP contribution in [0.3, 0.4) is 0 Å². The molecular weight excluding hydrogens is 260 g/mol. The molecule has 4 heteroatoms. The number of aliphatic carboxylic acids is 1. The highest BCUT2D eigenvalue weighted by Crippen LogP contribution is 2.32. The van der Waals surface area contributed by atoms with Crippen molar-refractivity contribution in [1.29, 1.82) is 0 Å². The topological polar surface area (TPSA) is 46.5 Å². The maximum atomic E-state index is 10.7. The molecule has 1 N–H and O–H groups in total. The minimum absolute atomic E-state index is 0.00303. The molecule has 0 aromatic heterocycles. The van der Waals surface area contributed by atoms with Crippen molar-refractivity contribution in [2.45, 2.75) is 20.3 Å². The molecule has 0 saturated carbocycles. The summed E-state index contributed by atoms with van der Waals surface area (Å²) < 4.78 is 6.06. The summed E-state index contributed by atoms with van der Waals surface area (Å²) in [5.74, 6) is -0.0841. The van der Waals surface area contributed by atoms with Crippen molar-refractivity contribution in [2.24, 2.45) is 0 Å². The lowest BCUT2D eigenvalue weighted by atomic mass is 10.0. The first-order valence-corrected chi connectivity index (χ1v) is 5.31. The SMILES string of the molecule is COc1c(C)cc(Br)c(CC(=O)O)c1C. The first-order valence-electron chi connectivity index (χ1n) is 4.51. The summed E-state index contributed by atoms with van der Waals surface area (Å²) in [5, 5.41) is 8.79. The number of carbonyl (C=O) groups is 1. The number of benzene rings is 1. The molecule has 1 aromatic rings. The Morgan fingerprint density at radius 3 is 2.60 bits per heavy atom. The monoisotopic (exact) mass is 272 g/mol. The Hall–Kier alpha value is -1.03. The summed E-state index contributed by atoms with van der Waals surface area (Å²) in [4.78, 5) is 10.7. The van der Waals surface area contributed by atoms with Gasteiger partial charge in [-0.15, -0.1) is 0 Å². The van der Waals surface area contributed by atoms with Crippen LogP contribution in [0.25, 0.3) is 0 Å². The van der Waals surface area contributed by atoms with Crippen LogP contribution >= 0.6 is 15.9 Å². The zero-order valence-corrected chi connectivity index (χ0v) is 10.5. The van der Waals surface area contributed by atoms with Gasteiger partial charge < -0.3 is 9.84 Å². The first-order chi connectivity index (χ1) is 6.97. The molecule has 0 aliphatic heterocycles. The predicted molar refractivity (Wildman–Crippen MR) is 61.5 cm³/mol. The maximum Gasteiger partial charge on any atom is 0.307 e. The van der Waals surface area contributed by atoms with E-state index in [9.17, 15) is 4.79 Å². The molecule has 3 nitrogen and oxygen atoms in total. The largest absolute Gasteiger partial charge is 0.496 e. The van der Waals surface area contributed by atoms with Crippen LogP contribution < -0.4 is 4.74 Å². The molecular formula is C11H13BrO3. The molecule has 0 heterocycles. The van der Waals surface area contributed by atoms with Gasteiger partial charge in [-0.05, 0) is 36.6 Å². The van der Waals surface area contributed by atoms with Gasteiger partial charge in [0.25, 0.3) is 0 Å². The second kappa shape index (κ2) is 4.66. The highest BCUT2D eigenvalue weighted by molar-refractivity contribution is 9.10. The number of hydrogen-bond donors (Lipinski definition) is 1. The van der Waals surface area contributed by atoms with E-state index in [-0.39, 0.29) is 6.42 Å². The molecule has 82 valence electrons. The van der Waals surface area contributed by atoms with Crippen molar-refractivity contribution >= 4 is 21.9 Å². The first kappa shape index (κ1) is 12.0. The highest BCUT2D eigenvalue weighted by Gasteiger charge is 2.14. The second-order valence-electron chi connectivity index (χ2n) is 3.38. The Bertz CT molecular complexity index is 399. The Morgan fingerprint density at radius 2 is 2.13 bits per heavy atom. The predicted octanol–water partition coefficient (Wildman–Crippen LogP) is 2.70.